The minimum Gasteiger partial charge on any atom is -0.744 e. The zero-order chi connectivity index (χ0) is 11.0. The van der Waals surface area contributed by atoms with E-state index >= 15 is 0 Å². The zero-order valence-corrected chi connectivity index (χ0v) is 10.8. The largest absolute Gasteiger partial charge is 1.00 e. The topological polar surface area (TPSA) is 74.3 Å². The molecule has 0 saturated carbocycles. The average molecular weight is 281 g/mol. The van der Waals surface area contributed by atoms with Crippen molar-refractivity contribution >= 4 is 43.8 Å². The maximum absolute atomic E-state index is 11.2. The van der Waals surface area contributed by atoms with E-state index < -0.39 is 20.9 Å². The first-order chi connectivity index (χ1) is 6.23. The molecular formula is C6H4Cl2LiO4PS. The van der Waals surface area contributed by atoms with Crippen LogP contribution in [-0.2, 0) is 14.7 Å². The van der Waals surface area contributed by atoms with E-state index in [-0.39, 0.29) is 24.2 Å². The third kappa shape index (κ3) is 4.12. The quantitative estimate of drug-likeness (QED) is 0.391. The van der Waals surface area contributed by atoms with Crippen LogP contribution in [0.1, 0.15) is 0 Å². The fourth-order valence-corrected chi connectivity index (χ4v) is 3.95. The average Bonchev–Trinajstić information content (AvgIpc) is 2.01. The van der Waals surface area contributed by atoms with Crippen molar-refractivity contribution in [2.75, 3.05) is 0 Å². The van der Waals surface area contributed by atoms with E-state index in [0.29, 0.717) is 0 Å². The van der Waals surface area contributed by atoms with Gasteiger partial charge in [0, 0.05) is 0 Å². The van der Waals surface area contributed by atoms with Crippen LogP contribution in [-0.4, -0.2) is 13.0 Å². The molecule has 1 aromatic carbocycles. The summed E-state index contributed by atoms with van der Waals surface area (Å²) >= 11 is 10.6. The van der Waals surface area contributed by atoms with E-state index in [4.69, 9.17) is 22.5 Å². The molecule has 15 heavy (non-hydrogen) atoms. The smallest absolute Gasteiger partial charge is 0.744 e. The van der Waals surface area contributed by atoms with E-state index in [1.54, 1.807) is 0 Å². The molecule has 1 rings (SSSR count). The molecule has 0 radical (unpaired) electrons. The molecule has 0 bridgehead atoms. The number of halogens is 2. The Hall–Kier alpha value is 0.537. The minimum absolute atomic E-state index is 0. The van der Waals surface area contributed by atoms with Crippen LogP contribution in [0.25, 0.3) is 0 Å². The van der Waals surface area contributed by atoms with Gasteiger partial charge in [0.05, 0.1) is 10.2 Å². The molecule has 0 N–H and O–H groups in total. The Morgan fingerprint density at radius 1 is 1.20 bits per heavy atom. The van der Waals surface area contributed by atoms with Crippen LogP contribution in [0.4, 0.5) is 0 Å². The molecule has 1 aromatic rings. The van der Waals surface area contributed by atoms with Gasteiger partial charge in [-0.3, -0.25) is 4.57 Å². The SMILES string of the molecule is O=P(Cl)(Cl)c1ccccc1S(=O)(=O)[O-].[Li+]. The van der Waals surface area contributed by atoms with Crippen LogP contribution in [0.5, 0.6) is 0 Å². The first-order valence-electron chi connectivity index (χ1n) is 3.28. The third-order valence-electron chi connectivity index (χ3n) is 1.42. The summed E-state index contributed by atoms with van der Waals surface area (Å²) in [6.07, 6.45) is 0. The van der Waals surface area contributed by atoms with Crippen LogP contribution in [0.3, 0.4) is 0 Å². The van der Waals surface area contributed by atoms with E-state index in [1.165, 1.54) is 12.1 Å². The van der Waals surface area contributed by atoms with Gasteiger partial charge in [0.1, 0.15) is 10.1 Å². The number of benzene rings is 1. The molecule has 0 fully saturated rings. The van der Waals surface area contributed by atoms with Gasteiger partial charge in [-0.15, -0.1) is 0 Å². The molecule has 78 valence electrons. The van der Waals surface area contributed by atoms with Gasteiger partial charge in [0.25, 0.3) is 5.85 Å². The molecular weight excluding hydrogens is 277 g/mol. The van der Waals surface area contributed by atoms with Crippen LogP contribution in [0.2, 0.25) is 0 Å². The molecule has 4 nitrogen and oxygen atoms in total. The van der Waals surface area contributed by atoms with Crippen molar-refractivity contribution in [2.24, 2.45) is 0 Å². The fraction of sp³-hybridized carbons (Fsp3) is 0. The summed E-state index contributed by atoms with van der Waals surface area (Å²) < 4.78 is 43.3. The Morgan fingerprint density at radius 2 is 1.67 bits per heavy atom. The second-order valence-corrected chi connectivity index (χ2v) is 8.51. The van der Waals surface area contributed by atoms with Crippen molar-refractivity contribution in [1.29, 1.82) is 0 Å². The summed E-state index contributed by atoms with van der Waals surface area (Å²) in [5.74, 6) is -3.79. The van der Waals surface area contributed by atoms with Crippen molar-refractivity contribution in [3.05, 3.63) is 24.3 Å². The van der Waals surface area contributed by atoms with Gasteiger partial charge in [0.15, 0.2) is 0 Å². The first kappa shape index (κ1) is 15.5. The van der Waals surface area contributed by atoms with Gasteiger partial charge in [-0.1, -0.05) is 12.1 Å². The molecule has 0 amide bonds. The van der Waals surface area contributed by atoms with Gasteiger partial charge in [-0.25, -0.2) is 8.42 Å². The summed E-state index contributed by atoms with van der Waals surface area (Å²) in [6.45, 7) is 0. The van der Waals surface area contributed by atoms with Gasteiger partial charge >= 0.3 is 18.9 Å². The molecule has 0 heterocycles. The molecule has 0 aliphatic rings. The van der Waals surface area contributed by atoms with E-state index in [2.05, 4.69) is 0 Å². The van der Waals surface area contributed by atoms with Crippen molar-refractivity contribution in [1.82, 2.24) is 0 Å². The maximum atomic E-state index is 11.2. The zero-order valence-electron chi connectivity index (χ0n) is 7.55. The molecule has 0 saturated heterocycles. The van der Waals surface area contributed by atoms with Crippen molar-refractivity contribution < 1.29 is 36.4 Å². The summed E-state index contributed by atoms with van der Waals surface area (Å²) in [5, 5.41) is -0.349. The first-order valence-corrected chi connectivity index (χ1v) is 8.20. The van der Waals surface area contributed by atoms with Crippen LogP contribution in [0.15, 0.2) is 29.2 Å². The van der Waals surface area contributed by atoms with Gasteiger partial charge in [-0.05, 0) is 34.6 Å². The van der Waals surface area contributed by atoms with E-state index in [1.807, 2.05) is 0 Å². The fourth-order valence-electron chi connectivity index (χ4n) is 0.884. The van der Waals surface area contributed by atoms with Crippen LogP contribution >= 0.6 is 28.3 Å². The summed E-state index contributed by atoms with van der Waals surface area (Å²) in [6, 6.07) is 4.86. The number of rotatable bonds is 2. The maximum Gasteiger partial charge on any atom is 1.00 e. The molecule has 0 aliphatic heterocycles. The summed E-state index contributed by atoms with van der Waals surface area (Å²) in [4.78, 5) is -0.645. The van der Waals surface area contributed by atoms with Gasteiger partial charge in [-0.2, -0.15) is 0 Å². The Labute approximate surface area is 109 Å². The molecule has 0 atom stereocenters. The molecule has 0 spiro atoms. The number of hydrogen-bond acceptors (Lipinski definition) is 4. The van der Waals surface area contributed by atoms with Gasteiger partial charge < -0.3 is 4.55 Å². The second kappa shape index (κ2) is 5.25. The predicted molar refractivity (Wildman–Crippen MR) is 53.4 cm³/mol. The van der Waals surface area contributed by atoms with Crippen LogP contribution < -0.4 is 24.2 Å². The van der Waals surface area contributed by atoms with Gasteiger partial charge in [0.2, 0.25) is 0 Å². The number of hydrogen-bond donors (Lipinski definition) is 0. The monoisotopic (exact) mass is 280 g/mol. The van der Waals surface area contributed by atoms with E-state index in [0.717, 1.165) is 12.1 Å². The third-order valence-corrected chi connectivity index (χ3v) is 4.50. The molecule has 0 aromatic heterocycles. The van der Waals surface area contributed by atoms with Crippen molar-refractivity contribution in [3.63, 3.8) is 0 Å². The summed E-state index contributed by atoms with van der Waals surface area (Å²) in [5.41, 5.74) is 0. The van der Waals surface area contributed by atoms with Crippen LogP contribution in [0, 0.1) is 0 Å². The Balaban J connectivity index is 0.00000196. The van der Waals surface area contributed by atoms with E-state index in [9.17, 15) is 17.5 Å². The molecule has 0 unspecified atom stereocenters. The minimum atomic E-state index is -4.71. The second-order valence-electron chi connectivity index (χ2n) is 2.38. The van der Waals surface area contributed by atoms with Crippen molar-refractivity contribution in [2.45, 2.75) is 4.90 Å². The molecule has 9 heteroatoms. The Kier molecular flexibility index (Phi) is 5.43. The Bertz CT molecular complexity index is 498. The predicted octanol–water partition coefficient (Wildman–Crippen LogP) is -1.11. The Morgan fingerprint density at radius 3 is 2.00 bits per heavy atom. The molecule has 0 aliphatic carbocycles. The standard InChI is InChI=1S/C6H5Cl2O4PS.Li/c7-13(8,9)5-3-1-2-4-6(5)14(10,11)12;/h1-4H,(H,10,11,12);/q;+1/p-1. The summed E-state index contributed by atoms with van der Waals surface area (Å²) in [7, 11) is -4.71. The van der Waals surface area contributed by atoms with Crippen molar-refractivity contribution in [3.8, 4) is 0 Å². The normalized spacial score (nSPS) is 11.9.